The van der Waals surface area contributed by atoms with Gasteiger partial charge in [0.2, 0.25) is 0 Å². The Kier molecular flexibility index (Phi) is 5.68. The van der Waals surface area contributed by atoms with E-state index in [1.807, 2.05) is 25.2 Å². The maximum atomic E-state index is 12.5. The molecule has 0 aromatic rings. The molecule has 1 saturated carbocycles. The predicted molar refractivity (Wildman–Crippen MR) is 106 cm³/mol. The van der Waals surface area contributed by atoms with Crippen molar-refractivity contribution in [3.05, 3.63) is 52.8 Å². The molecule has 1 fully saturated rings. The van der Waals surface area contributed by atoms with E-state index in [4.69, 9.17) is 9.47 Å². The van der Waals surface area contributed by atoms with Gasteiger partial charge in [-0.25, -0.2) is 4.79 Å². The highest BCUT2D eigenvalue weighted by Crippen LogP contribution is 2.63. The fourth-order valence-corrected chi connectivity index (χ4v) is 5.03. The normalized spacial score (nSPS) is 29.6. The lowest BCUT2D eigenvalue weighted by Crippen LogP contribution is -2.61. The Bertz CT molecular complexity index is 872. The molecule has 3 aliphatic rings. The van der Waals surface area contributed by atoms with Gasteiger partial charge in [0.05, 0.1) is 0 Å². The number of rotatable bonds is 6. The van der Waals surface area contributed by atoms with Crippen molar-refractivity contribution in [3.8, 4) is 0 Å². The molecule has 148 valence electrons. The summed E-state index contributed by atoms with van der Waals surface area (Å²) in [5.74, 6) is 0.334. The molecule has 0 aromatic carbocycles. The van der Waals surface area contributed by atoms with Gasteiger partial charge in [-0.2, -0.15) is 0 Å². The zero-order chi connectivity index (χ0) is 20.4. The van der Waals surface area contributed by atoms with Crippen molar-refractivity contribution in [1.82, 2.24) is 0 Å². The molecule has 0 N–H and O–H groups in total. The third-order valence-corrected chi connectivity index (χ3v) is 6.70. The van der Waals surface area contributed by atoms with Gasteiger partial charge < -0.3 is 9.47 Å². The number of allylic oxidation sites excluding steroid dienone is 3. The lowest BCUT2D eigenvalue weighted by Gasteiger charge is -2.61. The Morgan fingerprint density at radius 3 is 2.75 bits per heavy atom. The third-order valence-electron chi connectivity index (χ3n) is 6.70. The van der Waals surface area contributed by atoms with Crippen molar-refractivity contribution in [2.24, 2.45) is 17.3 Å². The van der Waals surface area contributed by atoms with Crippen LogP contribution >= 0.6 is 0 Å². The van der Waals surface area contributed by atoms with Crippen molar-refractivity contribution in [2.75, 3.05) is 0 Å². The Hall–Kier alpha value is -2.50. The molecular formula is C24H28O4. The van der Waals surface area contributed by atoms with Gasteiger partial charge in [0.25, 0.3) is 0 Å². The molecule has 0 amide bonds. The van der Waals surface area contributed by atoms with E-state index in [1.54, 1.807) is 6.08 Å². The standard InChI is InChI=1S/C24H28O4/c1-5-23(4,28-17(3)25)24(6-2)16-19-13-10-14-20(15-21(19)24)27-22(26)18-11-8-7-9-12-18/h8-9,11,13,19,21H,5-7,15-16H2,1-4H3. The van der Waals surface area contributed by atoms with Gasteiger partial charge >= 0.3 is 11.9 Å². The Balaban J connectivity index is 1.84. The van der Waals surface area contributed by atoms with Crippen LogP contribution in [-0.2, 0) is 19.1 Å². The van der Waals surface area contributed by atoms with Crippen molar-refractivity contribution >= 4 is 11.9 Å². The molecule has 4 atom stereocenters. The fourth-order valence-electron chi connectivity index (χ4n) is 5.03. The van der Waals surface area contributed by atoms with E-state index in [0.717, 1.165) is 25.7 Å². The summed E-state index contributed by atoms with van der Waals surface area (Å²) in [6, 6.07) is 0. The zero-order valence-corrected chi connectivity index (χ0v) is 17.1. The summed E-state index contributed by atoms with van der Waals surface area (Å²) >= 11 is 0. The second kappa shape index (κ2) is 7.86. The van der Waals surface area contributed by atoms with Crippen LogP contribution in [0, 0.1) is 17.3 Å². The summed E-state index contributed by atoms with van der Waals surface area (Å²) in [6.07, 6.45) is 11.4. The fraction of sp³-hybridized carbons (Fsp3) is 0.542. The summed E-state index contributed by atoms with van der Waals surface area (Å²) < 4.78 is 11.5. The first-order valence-electron chi connectivity index (χ1n) is 10.1. The Morgan fingerprint density at radius 1 is 1.36 bits per heavy atom. The molecule has 0 aliphatic heterocycles. The monoisotopic (exact) mass is 380 g/mol. The molecule has 0 radical (unpaired) electrons. The van der Waals surface area contributed by atoms with E-state index in [-0.39, 0.29) is 17.3 Å². The highest BCUT2D eigenvalue weighted by molar-refractivity contribution is 5.92. The molecular weight excluding hydrogens is 352 g/mol. The summed E-state index contributed by atoms with van der Waals surface area (Å²) in [6.45, 7) is 7.71. The number of carbonyl (C=O) groups is 2. The quantitative estimate of drug-likeness (QED) is 0.484. The van der Waals surface area contributed by atoms with E-state index in [2.05, 4.69) is 31.0 Å². The van der Waals surface area contributed by atoms with E-state index in [1.165, 1.54) is 6.92 Å². The molecule has 0 saturated heterocycles. The van der Waals surface area contributed by atoms with Gasteiger partial charge in [0.1, 0.15) is 11.2 Å². The first kappa shape index (κ1) is 20.2. The Labute approximate surface area is 167 Å². The molecule has 28 heavy (non-hydrogen) atoms. The number of hydrogen-bond acceptors (Lipinski definition) is 4. The van der Waals surface area contributed by atoms with Crippen LogP contribution in [0.15, 0.2) is 52.8 Å². The molecule has 3 rings (SSSR count). The number of fused-ring (bicyclic) bond motifs is 1. The summed E-state index contributed by atoms with van der Waals surface area (Å²) in [5.41, 5.74) is 8.71. The van der Waals surface area contributed by atoms with Crippen LogP contribution < -0.4 is 0 Å². The SMILES string of the molecule is CCC(C)(OC(C)=O)C1(CC)CC2C=C=C=C(OC(=O)C3=C=CCC=C3)CC21. The highest BCUT2D eigenvalue weighted by Gasteiger charge is 2.62. The van der Waals surface area contributed by atoms with E-state index >= 15 is 0 Å². The summed E-state index contributed by atoms with van der Waals surface area (Å²) in [5, 5.41) is 0. The van der Waals surface area contributed by atoms with E-state index in [0.29, 0.717) is 23.7 Å². The van der Waals surface area contributed by atoms with E-state index < -0.39 is 11.6 Å². The van der Waals surface area contributed by atoms with Crippen LogP contribution in [0.4, 0.5) is 0 Å². The van der Waals surface area contributed by atoms with Gasteiger partial charge in [-0.1, -0.05) is 25.7 Å². The zero-order valence-electron chi connectivity index (χ0n) is 17.1. The molecule has 3 aliphatic carbocycles. The average Bonchev–Trinajstić information content (AvgIpc) is 2.83. The van der Waals surface area contributed by atoms with Crippen LogP contribution in [-0.4, -0.2) is 17.5 Å². The number of ether oxygens (including phenoxy) is 2. The molecule has 0 aromatic heterocycles. The topological polar surface area (TPSA) is 52.6 Å². The first-order valence-corrected chi connectivity index (χ1v) is 10.1. The highest BCUT2D eigenvalue weighted by atomic mass is 16.6. The largest absolute Gasteiger partial charge is 0.459 e. The number of carbonyl (C=O) groups excluding carboxylic acids is 2. The molecule has 0 heterocycles. The van der Waals surface area contributed by atoms with Gasteiger partial charge in [-0.3, -0.25) is 4.79 Å². The van der Waals surface area contributed by atoms with Crippen LogP contribution in [0.1, 0.15) is 59.8 Å². The van der Waals surface area contributed by atoms with Crippen LogP contribution in [0.2, 0.25) is 0 Å². The lowest BCUT2D eigenvalue weighted by atomic mass is 9.45. The minimum absolute atomic E-state index is 0.163. The van der Waals surface area contributed by atoms with Crippen LogP contribution in [0.5, 0.6) is 0 Å². The molecule has 0 bridgehead atoms. The van der Waals surface area contributed by atoms with Gasteiger partial charge in [0, 0.05) is 18.8 Å². The summed E-state index contributed by atoms with van der Waals surface area (Å²) in [4.78, 5) is 24.2. The minimum atomic E-state index is -0.556. The second-order valence-corrected chi connectivity index (χ2v) is 8.02. The van der Waals surface area contributed by atoms with Crippen LogP contribution in [0.25, 0.3) is 0 Å². The molecule has 4 unspecified atom stereocenters. The summed E-state index contributed by atoms with van der Waals surface area (Å²) in [7, 11) is 0. The van der Waals surface area contributed by atoms with Crippen molar-refractivity contribution in [2.45, 2.75) is 65.4 Å². The van der Waals surface area contributed by atoms with Crippen molar-refractivity contribution in [3.63, 3.8) is 0 Å². The molecule has 4 heteroatoms. The smallest absolute Gasteiger partial charge is 0.351 e. The van der Waals surface area contributed by atoms with Gasteiger partial charge in [0.15, 0.2) is 5.76 Å². The van der Waals surface area contributed by atoms with Crippen molar-refractivity contribution in [1.29, 1.82) is 0 Å². The maximum absolute atomic E-state index is 12.5. The average molecular weight is 380 g/mol. The molecule has 0 spiro atoms. The van der Waals surface area contributed by atoms with Crippen molar-refractivity contribution < 1.29 is 19.1 Å². The van der Waals surface area contributed by atoms with Gasteiger partial charge in [-0.05, 0) is 68.4 Å². The minimum Gasteiger partial charge on any atom is -0.459 e. The van der Waals surface area contributed by atoms with Gasteiger partial charge in [-0.15, -0.1) is 5.73 Å². The first-order chi connectivity index (χ1) is 13.3. The lowest BCUT2D eigenvalue weighted by molar-refractivity contribution is -0.211. The van der Waals surface area contributed by atoms with Crippen LogP contribution in [0.3, 0.4) is 0 Å². The third kappa shape index (κ3) is 3.48. The number of hydrogen-bond donors (Lipinski definition) is 0. The number of esters is 2. The predicted octanol–water partition coefficient (Wildman–Crippen LogP) is 4.93. The molecule has 4 nitrogen and oxygen atoms in total. The Morgan fingerprint density at radius 2 is 2.14 bits per heavy atom. The van der Waals surface area contributed by atoms with E-state index in [9.17, 15) is 9.59 Å². The maximum Gasteiger partial charge on any atom is 0.351 e. The second-order valence-electron chi connectivity index (χ2n) is 8.02.